The van der Waals surface area contributed by atoms with Gasteiger partial charge in [0.05, 0.1) is 11.6 Å². The van der Waals surface area contributed by atoms with Gasteiger partial charge in [-0.2, -0.15) is 5.26 Å². The van der Waals surface area contributed by atoms with Crippen molar-refractivity contribution in [3.63, 3.8) is 0 Å². The molecule has 3 atom stereocenters. The number of hydrogen-bond donors (Lipinski definition) is 1. The number of aryl methyl sites for hydroxylation is 1. The Morgan fingerprint density at radius 1 is 1.50 bits per heavy atom. The fourth-order valence-corrected chi connectivity index (χ4v) is 4.22. The molecule has 0 aliphatic heterocycles. The van der Waals surface area contributed by atoms with E-state index >= 15 is 0 Å². The first-order chi connectivity index (χ1) is 9.60. The van der Waals surface area contributed by atoms with E-state index in [1.165, 1.54) is 11.1 Å². The number of aliphatic hydroxyl groups excluding tert-OH is 1. The van der Waals surface area contributed by atoms with Crippen LogP contribution in [-0.4, -0.2) is 17.0 Å². The number of aliphatic hydroxyl groups is 1. The predicted molar refractivity (Wildman–Crippen MR) is 75.2 cm³/mol. The molecule has 3 nitrogen and oxygen atoms in total. The molecule has 1 N–H and O–H groups in total. The summed E-state index contributed by atoms with van der Waals surface area (Å²) in [6.07, 6.45) is 3.04. The molecule has 1 aromatic carbocycles. The lowest BCUT2D eigenvalue weighted by molar-refractivity contribution is -0.134. The van der Waals surface area contributed by atoms with Crippen molar-refractivity contribution in [1.29, 1.82) is 5.26 Å². The molecule has 0 heterocycles. The van der Waals surface area contributed by atoms with Gasteiger partial charge in [-0.3, -0.25) is 4.79 Å². The van der Waals surface area contributed by atoms with Gasteiger partial charge in [0.2, 0.25) is 0 Å². The third-order valence-corrected chi connectivity index (χ3v) is 5.32. The number of carbonyl (C=O) groups excluding carboxylic acids is 1. The second-order valence-electron chi connectivity index (χ2n) is 6.12. The van der Waals surface area contributed by atoms with Gasteiger partial charge in [0.15, 0.2) is 5.78 Å². The van der Waals surface area contributed by atoms with Gasteiger partial charge < -0.3 is 5.11 Å². The smallest absolute Gasteiger partial charge is 0.161 e. The zero-order valence-corrected chi connectivity index (χ0v) is 11.7. The molecule has 3 unspecified atom stereocenters. The van der Waals surface area contributed by atoms with Crippen LogP contribution in [0.3, 0.4) is 0 Å². The Morgan fingerprint density at radius 2 is 2.30 bits per heavy atom. The van der Waals surface area contributed by atoms with Crippen LogP contribution in [0.2, 0.25) is 0 Å². The molecule has 0 aromatic heterocycles. The van der Waals surface area contributed by atoms with Crippen LogP contribution in [0.1, 0.15) is 49.3 Å². The molecule has 0 spiro atoms. The van der Waals surface area contributed by atoms with E-state index in [1.54, 1.807) is 0 Å². The van der Waals surface area contributed by atoms with Gasteiger partial charge in [-0.15, -0.1) is 0 Å². The minimum Gasteiger partial charge on any atom is -0.385 e. The highest BCUT2D eigenvalue weighted by Gasteiger charge is 2.49. The van der Waals surface area contributed by atoms with E-state index in [0.717, 1.165) is 19.3 Å². The lowest BCUT2D eigenvalue weighted by Crippen LogP contribution is -2.49. The van der Waals surface area contributed by atoms with Crippen LogP contribution >= 0.6 is 0 Å². The number of fused-ring (bicyclic) bond motifs is 3. The average Bonchev–Trinajstić information content (AvgIpc) is 2.48. The molecule has 20 heavy (non-hydrogen) atoms. The summed E-state index contributed by atoms with van der Waals surface area (Å²) in [6.45, 7) is 2.14. The van der Waals surface area contributed by atoms with Crippen molar-refractivity contribution >= 4 is 5.78 Å². The summed E-state index contributed by atoms with van der Waals surface area (Å²) in [5.41, 5.74) is 3.08. The van der Waals surface area contributed by atoms with Gasteiger partial charge in [-0.05, 0) is 54.9 Å². The molecule has 0 saturated heterocycles. The van der Waals surface area contributed by atoms with Gasteiger partial charge in [0.1, 0.15) is 6.10 Å². The van der Waals surface area contributed by atoms with E-state index in [2.05, 4.69) is 13.0 Å². The number of nitriles is 1. The molecule has 0 radical (unpaired) electrons. The Kier molecular flexibility index (Phi) is 3.14. The van der Waals surface area contributed by atoms with Crippen LogP contribution < -0.4 is 0 Å². The molecule has 0 bridgehead atoms. The number of ketones is 1. The van der Waals surface area contributed by atoms with Crippen molar-refractivity contribution < 1.29 is 9.90 Å². The van der Waals surface area contributed by atoms with E-state index in [1.807, 2.05) is 18.2 Å². The summed E-state index contributed by atoms with van der Waals surface area (Å²) >= 11 is 0. The third-order valence-electron chi connectivity index (χ3n) is 5.32. The van der Waals surface area contributed by atoms with Gasteiger partial charge in [0, 0.05) is 11.8 Å². The SMILES string of the molecule is CCC12CC(O)C(=O)CC1CCc1cc(C#N)ccc12. The predicted octanol–water partition coefficient (Wildman–Crippen LogP) is 2.49. The van der Waals surface area contributed by atoms with E-state index in [0.29, 0.717) is 24.3 Å². The lowest BCUT2D eigenvalue weighted by atomic mass is 9.55. The van der Waals surface area contributed by atoms with Crippen LogP contribution in [0.4, 0.5) is 0 Å². The van der Waals surface area contributed by atoms with Crippen molar-refractivity contribution in [2.24, 2.45) is 5.92 Å². The van der Waals surface area contributed by atoms with E-state index < -0.39 is 6.10 Å². The quantitative estimate of drug-likeness (QED) is 0.852. The van der Waals surface area contributed by atoms with Crippen molar-refractivity contribution in [3.05, 3.63) is 34.9 Å². The largest absolute Gasteiger partial charge is 0.385 e. The van der Waals surface area contributed by atoms with Crippen molar-refractivity contribution in [2.75, 3.05) is 0 Å². The topological polar surface area (TPSA) is 61.1 Å². The summed E-state index contributed by atoms with van der Waals surface area (Å²) < 4.78 is 0. The Bertz CT molecular complexity index is 601. The average molecular weight is 269 g/mol. The Labute approximate surface area is 119 Å². The maximum Gasteiger partial charge on any atom is 0.161 e. The molecule has 1 aromatic rings. The summed E-state index contributed by atoms with van der Waals surface area (Å²) in [5, 5.41) is 19.1. The van der Waals surface area contributed by atoms with Crippen LogP contribution in [-0.2, 0) is 16.6 Å². The second kappa shape index (κ2) is 4.71. The van der Waals surface area contributed by atoms with Gasteiger partial charge >= 0.3 is 0 Å². The molecule has 3 rings (SSSR count). The Balaban J connectivity index is 2.11. The summed E-state index contributed by atoms with van der Waals surface area (Å²) in [7, 11) is 0. The number of rotatable bonds is 1. The van der Waals surface area contributed by atoms with Crippen molar-refractivity contribution in [1.82, 2.24) is 0 Å². The number of hydrogen-bond acceptors (Lipinski definition) is 3. The third kappa shape index (κ3) is 1.79. The summed E-state index contributed by atoms with van der Waals surface area (Å²) in [6, 6.07) is 8.08. The molecule has 1 saturated carbocycles. The maximum atomic E-state index is 11.8. The van der Waals surface area contributed by atoms with E-state index in [-0.39, 0.29) is 11.2 Å². The highest BCUT2D eigenvalue weighted by atomic mass is 16.3. The second-order valence-corrected chi connectivity index (χ2v) is 6.12. The molecule has 2 aliphatic rings. The number of benzene rings is 1. The Hall–Kier alpha value is -1.66. The normalized spacial score (nSPS) is 32.1. The van der Waals surface area contributed by atoms with Crippen molar-refractivity contribution in [2.45, 2.75) is 50.5 Å². The number of carbonyl (C=O) groups is 1. The summed E-state index contributed by atoms with van der Waals surface area (Å²) in [5.74, 6) is 0.333. The minimum absolute atomic E-state index is 0.00355. The van der Waals surface area contributed by atoms with Crippen molar-refractivity contribution in [3.8, 4) is 6.07 Å². The molecule has 1 fully saturated rings. The monoisotopic (exact) mass is 269 g/mol. The lowest BCUT2D eigenvalue weighted by Gasteiger charge is -2.49. The van der Waals surface area contributed by atoms with Crippen LogP contribution in [0, 0.1) is 17.2 Å². The standard InChI is InChI=1S/C17H19NO2/c1-2-17-9-16(20)15(19)8-13(17)5-4-12-7-11(10-18)3-6-14(12)17/h3,6-7,13,16,20H,2,4-5,8-9H2,1H3. The zero-order chi connectivity index (χ0) is 14.3. The highest BCUT2D eigenvalue weighted by Crippen LogP contribution is 2.51. The first-order valence-electron chi connectivity index (χ1n) is 7.35. The minimum atomic E-state index is -0.826. The van der Waals surface area contributed by atoms with Gasteiger partial charge in [-0.1, -0.05) is 13.0 Å². The fourth-order valence-electron chi connectivity index (χ4n) is 4.22. The fraction of sp³-hybridized carbons (Fsp3) is 0.529. The van der Waals surface area contributed by atoms with Gasteiger partial charge in [-0.25, -0.2) is 0 Å². The molecule has 2 aliphatic carbocycles. The number of nitrogens with zero attached hydrogens (tertiary/aromatic N) is 1. The number of Topliss-reactive ketones (excluding diaryl/α,β-unsaturated/α-hetero) is 1. The Morgan fingerprint density at radius 3 is 3.00 bits per heavy atom. The molecular formula is C17H19NO2. The van der Waals surface area contributed by atoms with Crippen LogP contribution in [0.25, 0.3) is 0 Å². The first-order valence-corrected chi connectivity index (χ1v) is 7.35. The zero-order valence-electron chi connectivity index (χ0n) is 11.7. The van der Waals surface area contributed by atoms with E-state index in [9.17, 15) is 9.90 Å². The van der Waals surface area contributed by atoms with Crippen LogP contribution in [0.5, 0.6) is 0 Å². The molecule has 0 amide bonds. The first kappa shape index (κ1) is 13.3. The van der Waals surface area contributed by atoms with Gasteiger partial charge in [0.25, 0.3) is 0 Å². The molecule has 3 heteroatoms. The molecular weight excluding hydrogens is 250 g/mol. The molecule has 104 valence electrons. The van der Waals surface area contributed by atoms with Crippen LogP contribution in [0.15, 0.2) is 18.2 Å². The summed E-state index contributed by atoms with van der Waals surface area (Å²) in [4.78, 5) is 11.8. The highest BCUT2D eigenvalue weighted by molar-refractivity contribution is 5.84. The maximum absolute atomic E-state index is 11.8. The van der Waals surface area contributed by atoms with E-state index in [4.69, 9.17) is 5.26 Å².